The van der Waals surface area contributed by atoms with Gasteiger partial charge >= 0.3 is 5.97 Å². The largest absolute Gasteiger partial charge is 0.454 e. The van der Waals surface area contributed by atoms with Gasteiger partial charge < -0.3 is 10.1 Å². The van der Waals surface area contributed by atoms with E-state index in [0.717, 1.165) is 16.8 Å². The van der Waals surface area contributed by atoms with Crippen LogP contribution in [0, 0.1) is 0 Å². The van der Waals surface area contributed by atoms with E-state index >= 15 is 0 Å². The zero-order chi connectivity index (χ0) is 16.2. The highest BCUT2D eigenvalue weighted by atomic mass is 32.1. The van der Waals surface area contributed by atoms with Crippen LogP contribution in [0.25, 0.3) is 6.08 Å². The van der Waals surface area contributed by atoms with Gasteiger partial charge in [-0.05, 0) is 52.2 Å². The molecule has 2 heterocycles. The van der Waals surface area contributed by atoms with Crippen LogP contribution < -0.4 is 5.32 Å². The molecule has 0 atom stereocenters. The zero-order valence-electron chi connectivity index (χ0n) is 12.1. The van der Waals surface area contributed by atoms with E-state index in [2.05, 4.69) is 5.32 Å². The lowest BCUT2D eigenvalue weighted by atomic mass is 10.1. The maximum Gasteiger partial charge on any atom is 0.331 e. The van der Waals surface area contributed by atoms with Gasteiger partial charge in [0.2, 0.25) is 5.91 Å². The molecule has 1 aliphatic heterocycles. The predicted octanol–water partition coefficient (Wildman–Crippen LogP) is 2.68. The number of benzene rings is 1. The summed E-state index contributed by atoms with van der Waals surface area (Å²) in [6.07, 6.45) is 3.19. The van der Waals surface area contributed by atoms with Gasteiger partial charge in [0.15, 0.2) is 12.4 Å². The van der Waals surface area contributed by atoms with Crippen LogP contribution in [0.5, 0.6) is 0 Å². The Balaban J connectivity index is 1.56. The Kier molecular flexibility index (Phi) is 4.34. The summed E-state index contributed by atoms with van der Waals surface area (Å²) >= 11 is 1.53. The van der Waals surface area contributed by atoms with Gasteiger partial charge in [-0.25, -0.2) is 4.79 Å². The molecule has 0 radical (unpaired) electrons. The smallest absolute Gasteiger partial charge is 0.331 e. The van der Waals surface area contributed by atoms with Gasteiger partial charge in [-0.15, -0.1) is 0 Å². The molecule has 0 unspecified atom stereocenters. The summed E-state index contributed by atoms with van der Waals surface area (Å²) in [6, 6.07) is 6.83. The average molecular weight is 327 g/mol. The molecule has 6 heteroatoms. The summed E-state index contributed by atoms with van der Waals surface area (Å²) in [7, 11) is 0. The number of amides is 1. The first-order valence-electron chi connectivity index (χ1n) is 6.95. The number of nitrogens with one attached hydrogen (secondary N) is 1. The number of esters is 1. The minimum Gasteiger partial charge on any atom is -0.454 e. The number of carbonyl (C=O) groups is 3. The fourth-order valence-electron chi connectivity index (χ4n) is 2.20. The SMILES string of the molecule is O=C1Cc2cc(C(=O)COC(=O)/C=C/c3ccsc3)ccc2N1. The summed E-state index contributed by atoms with van der Waals surface area (Å²) in [6.45, 7) is -0.326. The molecule has 1 aromatic heterocycles. The normalized spacial score (nSPS) is 13.0. The van der Waals surface area contributed by atoms with Gasteiger partial charge in [0.25, 0.3) is 0 Å². The Labute approximate surface area is 136 Å². The number of Topliss-reactive ketones (excluding diaryl/α,β-unsaturated/α-hetero) is 1. The molecule has 3 rings (SSSR count). The minimum absolute atomic E-state index is 0.0883. The second kappa shape index (κ2) is 6.58. The Hall–Kier alpha value is -2.73. The number of ether oxygens (including phenoxy) is 1. The van der Waals surface area contributed by atoms with Gasteiger partial charge in [-0.2, -0.15) is 11.3 Å². The van der Waals surface area contributed by atoms with Crippen molar-refractivity contribution in [1.29, 1.82) is 0 Å². The molecule has 116 valence electrons. The molecular formula is C17H13NO4S. The van der Waals surface area contributed by atoms with Crippen LogP contribution in [0.1, 0.15) is 21.5 Å². The number of thiophene rings is 1. The van der Waals surface area contributed by atoms with E-state index in [-0.39, 0.29) is 24.7 Å². The van der Waals surface area contributed by atoms with E-state index in [1.807, 2.05) is 16.8 Å². The molecule has 0 bridgehead atoms. The molecule has 1 N–H and O–H groups in total. The number of anilines is 1. The molecule has 5 nitrogen and oxygen atoms in total. The van der Waals surface area contributed by atoms with E-state index in [0.29, 0.717) is 5.56 Å². The van der Waals surface area contributed by atoms with Crippen LogP contribution in [0.3, 0.4) is 0 Å². The first kappa shape index (κ1) is 15.2. The highest BCUT2D eigenvalue weighted by Gasteiger charge is 2.19. The van der Waals surface area contributed by atoms with Crippen molar-refractivity contribution in [1.82, 2.24) is 0 Å². The molecule has 0 fully saturated rings. The number of carbonyl (C=O) groups excluding carboxylic acids is 3. The maximum atomic E-state index is 12.1. The van der Waals surface area contributed by atoms with Crippen LogP contribution in [0.2, 0.25) is 0 Å². The topological polar surface area (TPSA) is 72.5 Å². The molecule has 0 spiro atoms. The van der Waals surface area contributed by atoms with E-state index in [1.165, 1.54) is 17.4 Å². The van der Waals surface area contributed by atoms with Crippen LogP contribution in [0.4, 0.5) is 5.69 Å². The second-order valence-corrected chi connectivity index (χ2v) is 5.80. The fraction of sp³-hybridized carbons (Fsp3) is 0.118. The number of ketones is 1. The van der Waals surface area contributed by atoms with Gasteiger partial charge in [0.1, 0.15) is 0 Å². The molecular weight excluding hydrogens is 314 g/mol. The van der Waals surface area contributed by atoms with Crippen molar-refractivity contribution in [2.45, 2.75) is 6.42 Å². The van der Waals surface area contributed by atoms with Gasteiger partial charge in [0.05, 0.1) is 6.42 Å². The van der Waals surface area contributed by atoms with Crippen LogP contribution >= 0.6 is 11.3 Å². The monoisotopic (exact) mass is 327 g/mol. The number of fused-ring (bicyclic) bond motifs is 1. The summed E-state index contributed by atoms with van der Waals surface area (Å²) in [5.74, 6) is -0.957. The van der Waals surface area contributed by atoms with Gasteiger partial charge in [-0.3, -0.25) is 9.59 Å². The fourth-order valence-corrected chi connectivity index (χ4v) is 2.83. The lowest BCUT2D eigenvalue weighted by Crippen LogP contribution is -2.12. The standard InChI is InChI=1S/C17H13NO4S/c19-15(9-22-17(21)4-1-11-5-6-23-10-11)12-2-3-14-13(7-12)8-16(20)18-14/h1-7,10H,8-9H2,(H,18,20)/b4-1+. The van der Waals surface area contributed by atoms with E-state index in [1.54, 1.807) is 24.3 Å². The predicted molar refractivity (Wildman–Crippen MR) is 87.4 cm³/mol. The van der Waals surface area contributed by atoms with E-state index in [9.17, 15) is 14.4 Å². The first-order valence-corrected chi connectivity index (χ1v) is 7.89. The van der Waals surface area contributed by atoms with E-state index < -0.39 is 5.97 Å². The van der Waals surface area contributed by atoms with Crippen molar-refractivity contribution in [3.8, 4) is 0 Å². The van der Waals surface area contributed by atoms with Crippen molar-refractivity contribution in [2.24, 2.45) is 0 Å². The minimum atomic E-state index is -0.567. The highest BCUT2D eigenvalue weighted by molar-refractivity contribution is 7.08. The lowest BCUT2D eigenvalue weighted by Gasteiger charge is -2.04. The first-order chi connectivity index (χ1) is 11.1. The Bertz CT molecular complexity index is 793. The Morgan fingerprint density at radius 3 is 2.96 bits per heavy atom. The highest BCUT2D eigenvalue weighted by Crippen LogP contribution is 2.24. The lowest BCUT2D eigenvalue weighted by molar-refractivity contribution is -0.136. The number of rotatable bonds is 5. The molecule has 0 saturated heterocycles. The van der Waals surface area contributed by atoms with Crippen molar-refractivity contribution in [3.63, 3.8) is 0 Å². The molecule has 1 aliphatic rings. The van der Waals surface area contributed by atoms with Crippen molar-refractivity contribution < 1.29 is 19.1 Å². The summed E-state index contributed by atoms with van der Waals surface area (Å²) in [4.78, 5) is 34.9. The molecule has 0 aliphatic carbocycles. The quantitative estimate of drug-likeness (QED) is 0.521. The second-order valence-electron chi connectivity index (χ2n) is 5.02. The molecule has 1 aromatic carbocycles. The molecule has 0 saturated carbocycles. The van der Waals surface area contributed by atoms with Gasteiger partial charge in [0, 0.05) is 17.3 Å². The Morgan fingerprint density at radius 2 is 2.17 bits per heavy atom. The third-order valence-corrected chi connectivity index (χ3v) is 4.05. The van der Waals surface area contributed by atoms with E-state index in [4.69, 9.17) is 4.74 Å². The Morgan fingerprint density at radius 1 is 1.30 bits per heavy atom. The molecule has 2 aromatic rings. The van der Waals surface area contributed by atoms with Gasteiger partial charge in [-0.1, -0.05) is 0 Å². The van der Waals surface area contributed by atoms with Crippen LogP contribution in [0.15, 0.2) is 41.1 Å². The maximum absolute atomic E-state index is 12.1. The summed E-state index contributed by atoms with van der Waals surface area (Å²) in [5.41, 5.74) is 2.84. The molecule has 1 amide bonds. The number of hydrogen-bond acceptors (Lipinski definition) is 5. The summed E-state index contributed by atoms with van der Waals surface area (Å²) < 4.78 is 4.94. The average Bonchev–Trinajstić information content (AvgIpc) is 3.17. The van der Waals surface area contributed by atoms with Crippen molar-refractivity contribution >= 4 is 40.8 Å². The van der Waals surface area contributed by atoms with Crippen molar-refractivity contribution in [2.75, 3.05) is 11.9 Å². The third kappa shape index (κ3) is 3.73. The van der Waals surface area contributed by atoms with Crippen LogP contribution in [-0.2, 0) is 20.7 Å². The molecule has 23 heavy (non-hydrogen) atoms. The third-order valence-electron chi connectivity index (χ3n) is 3.35. The summed E-state index contributed by atoms with van der Waals surface area (Å²) in [5, 5.41) is 6.50. The zero-order valence-corrected chi connectivity index (χ0v) is 12.9. The van der Waals surface area contributed by atoms with Crippen LogP contribution in [-0.4, -0.2) is 24.3 Å². The number of hydrogen-bond donors (Lipinski definition) is 1. The van der Waals surface area contributed by atoms with Crippen molar-refractivity contribution in [3.05, 3.63) is 57.8 Å².